The van der Waals surface area contributed by atoms with Crippen LogP contribution in [0.1, 0.15) is 36.2 Å². The smallest absolute Gasteiger partial charge is 0.255 e. The van der Waals surface area contributed by atoms with E-state index < -0.39 is 0 Å². The van der Waals surface area contributed by atoms with Gasteiger partial charge in [0.15, 0.2) is 5.82 Å². The molecule has 4 rings (SSSR count). The molecule has 2 N–H and O–H groups in total. The molecule has 0 bridgehead atoms. The average Bonchev–Trinajstić information content (AvgIpc) is 3.26. The first-order valence-electron chi connectivity index (χ1n) is 8.01. The van der Waals surface area contributed by atoms with Gasteiger partial charge < -0.3 is 19.6 Å². The van der Waals surface area contributed by atoms with Crippen LogP contribution in [-0.4, -0.2) is 27.8 Å². The van der Waals surface area contributed by atoms with E-state index in [1.165, 1.54) is 16.5 Å². The zero-order valence-corrected chi connectivity index (χ0v) is 13.1. The van der Waals surface area contributed by atoms with Gasteiger partial charge in [0.05, 0.1) is 6.10 Å². The molecular weight excluding hydrogens is 292 g/mol. The van der Waals surface area contributed by atoms with E-state index >= 15 is 0 Å². The zero-order valence-electron chi connectivity index (χ0n) is 13.1. The summed E-state index contributed by atoms with van der Waals surface area (Å²) in [6.45, 7) is 3.46. The second-order valence-electron chi connectivity index (χ2n) is 5.99. The third kappa shape index (κ3) is 3.00. The third-order valence-electron chi connectivity index (χ3n) is 4.29. The first-order chi connectivity index (χ1) is 11.3. The molecule has 1 aliphatic heterocycles. The van der Waals surface area contributed by atoms with Crippen LogP contribution < -0.4 is 5.32 Å². The largest absolute Gasteiger partial charge is 0.364 e. The van der Waals surface area contributed by atoms with Crippen LogP contribution in [0, 0.1) is 6.92 Å². The topological polar surface area (TPSA) is 76.0 Å². The highest BCUT2D eigenvalue weighted by atomic mass is 16.5. The monoisotopic (exact) mass is 312 g/mol. The van der Waals surface area contributed by atoms with Gasteiger partial charge in [-0.25, -0.2) is 0 Å². The van der Waals surface area contributed by atoms with E-state index in [2.05, 4.69) is 44.7 Å². The molecule has 0 radical (unpaired) electrons. The molecule has 1 saturated heterocycles. The van der Waals surface area contributed by atoms with Gasteiger partial charge in [-0.15, -0.1) is 0 Å². The number of benzene rings is 1. The number of hydrogen-bond acceptors (Lipinski definition) is 5. The van der Waals surface area contributed by atoms with E-state index in [1.807, 2.05) is 13.1 Å². The molecule has 23 heavy (non-hydrogen) atoms. The van der Waals surface area contributed by atoms with Crippen molar-refractivity contribution >= 4 is 10.9 Å². The highest BCUT2D eigenvalue weighted by Crippen LogP contribution is 2.31. The van der Waals surface area contributed by atoms with Crippen LogP contribution in [0.15, 0.2) is 35.0 Å². The van der Waals surface area contributed by atoms with E-state index in [1.54, 1.807) is 0 Å². The molecule has 3 aromatic rings. The highest BCUT2D eigenvalue weighted by Gasteiger charge is 2.30. The maximum atomic E-state index is 6.00. The zero-order chi connectivity index (χ0) is 15.6. The minimum absolute atomic E-state index is 0.0603. The second kappa shape index (κ2) is 6.14. The highest BCUT2D eigenvalue weighted by molar-refractivity contribution is 5.82. The summed E-state index contributed by atoms with van der Waals surface area (Å²) < 4.78 is 11.2. The number of aromatic amines is 1. The van der Waals surface area contributed by atoms with Crippen molar-refractivity contribution in [3.63, 3.8) is 0 Å². The number of para-hydroxylation sites is 1. The number of nitrogens with one attached hydrogen (secondary N) is 2. The molecule has 0 aliphatic carbocycles. The molecule has 2 atom stereocenters. The van der Waals surface area contributed by atoms with Gasteiger partial charge in [-0.3, -0.25) is 0 Å². The molecule has 1 fully saturated rings. The number of rotatable bonds is 5. The summed E-state index contributed by atoms with van der Waals surface area (Å²) in [5.74, 6) is 1.25. The molecule has 120 valence electrons. The fourth-order valence-corrected chi connectivity index (χ4v) is 3.15. The lowest BCUT2D eigenvalue weighted by molar-refractivity contribution is 0.0264. The van der Waals surface area contributed by atoms with Crippen molar-refractivity contribution in [1.29, 1.82) is 0 Å². The van der Waals surface area contributed by atoms with Gasteiger partial charge >= 0.3 is 0 Å². The van der Waals surface area contributed by atoms with Gasteiger partial charge in [0.25, 0.3) is 5.89 Å². The van der Waals surface area contributed by atoms with Crippen molar-refractivity contribution in [2.24, 2.45) is 0 Å². The van der Waals surface area contributed by atoms with E-state index in [4.69, 9.17) is 9.26 Å². The van der Waals surface area contributed by atoms with Crippen molar-refractivity contribution in [2.45, 2.75) is 38.5 Å². The summed E-state index contributed by atoms with van der Waals surface area (Å²) >= 11 is 0. The first kappa shape index (κ1) is 14.4. The number of ether oxygens (including phenoxy) is 1. The van der Waals surface area contributed by atoms with Crippen LogP contribution in [0.4, 0.5) is 0 Å². The number of fused-ring (bicyclic) bond motifs is 1. The fourth-order valence-electron chi connectivity index (χ4n) is 3.15. The van der Waals surface area contributed by atoms with Crippen molar-refractivity contribution in [2.75, 3.05) is 6.54 Å². The van der Waals surface area contributed by atoms with Crippen molar-refractivity contribution < 1.29 is 9.26 Å². The Bertz CT molecular complexity index is 795. The SMILES string of the molecule is Cc1noc([C@@H]2CC[C@H](CNCc3cccc4cc[nH]c34)O2)n1. The van der Waals surface area contributed by atoms with Gasteiger partial charge in [-0.1, -0.05) is 23.4 Å². The lowest BCUT2D eigenvalue weighted by Crippen LogP contribution is -2.26. The van der Waals surface area contributed by atoms with Crippen LogP contribution >= 0.6 is 0 Å². The lowest BCUT2D eigenvalue weighted by Gasteiger charge is -2.13. The summed E-state index contributed by atoms with van der Waals surface area (Å²) in [5.41, 5.74) is 2.47. The Morgan fingerprint density at radius 3 is 3.13 bits per heavy atom. The summed E-state index contributed by atoms with van der Waals surface area (Å²) in [4.78, 5) is 7.55. The average molecular weight is 312 g/mol. The van der Waals surface area contributed by atoms with E-state index in [-0.39, 0.29) is 12.2 Å². The van der Waals surface area contributed by atoms with Crippen LogP contribution in [0.2, 0.25) is 0 Å². The van der Waals surface area contributed by atoms with Gasteiger partial charge in [-0.05, 0) is 36.8 Å². The van der Waals surface area contributed by atoms with Crippen LogP contribution in [0.25, 0.3) is 10.9 Å². The third-order valence-corrected chi connectivity index (χ3v) is 4.29. The van der Waals surface area contributed by atoms with E-state index in [0.717, 1.165) is 25.9 Å². The predicted molar refractivity (Wildman–Crippen MR) is 85.9 cm³/mol. The van der Waals surface area contributed by atoms with Crippen molar-refractivity contribution in [3.8, 4) is 0 Å². The maximum Gasteiger partial charge on any atom is 0.255 e. The Morgan fingerprint density at radius 1 is 1.30 bits per heavy atom. The number of aryl methyl sites for hydroxylation is 1. The maximum absolute atomic E-state index is 6.00. The molecule has 0 saturated carbocycles. The fraction of sp³-hybridized carbons (Fsp3) is 0.412. The molecule has 6 heteroatoms. The molecule has 0 amide bonds. The van der Waals surface area contributed by atoms with E-state index in [0.29, 0.717) is 11.7 Å². The van der Waals surface area contributed by atoms with Gasteiger partial charge in [0, 0.05) is 24.8 Å². The molecule has 3 heterocycles. The number of aromatic nitrogens is 3. The van der Waals surface area contributed by atoms with E-state index in [9.17, 15) is 0 Å². The molecule has 0 spiro atoms. The Balaban J connectivity index is 1.31. The predicted octanol–water partition coefficient (Wildman–Crippen LogP) is 2.87. The Labute approximate surface area is 134 Å². The molecule has 0 unspecified atom stereocenters. The Morgan fingerprint density at radius 2 is 2.26 bits per heavy atom. The summed E-state index contributed by atoms with van der Waals surface area (Å²) in [5, 5.41) is 8.56. The summed E-state index contributed by atoms with van der Waals surface area (Å²) in [6, 6.07) is 8.45. The number of hydrogen-bond donors (Lipinski definition) is 2. The Kier molecular flexibility index (Phi) is 3.85. The minimum Gasteiger partial charge on any atom is -0.364 e. The van der Waals surface area contributed by atoms with Crippen LogP contribution in [-0.2, 0) is 11.3 Å². The standard InChI is InChI=1S/C17H20N4O2/c1-11-20-17(23-21-11)15-6-5-14(22-15)10-18-9-13-4-2-3-12-7-8-19-16(12)13/h2-4,7-8,14-15,18-19H,5-6,9-10H2,1H3/t14-,15+/m1/s1. The molecule has 1 aromatic carbocycles. The van der Waals surface area contributed by atoms with Gasteiger partial charge in [-0.2, -0.15) is 4.98 Å². The Hall–Kier alpha value is -2.18. The van der Waals surface area contributed by atoms with Crippen LogP contribution in [0.3, 0.4) is 0 Å². The number of nitrogens with zero attached hydrogens (tertiary/aromatic N) is 2. The quantitative estimate of drug-likeness (QED) is 0.757. The molecule has 2 aromatic heterocycles. The van der Waals surface area contributed by atoms with Gasteiger partial charge in [0.2, 0.25) is 0 Å². The molecule has 6 nitrogen and oxygen atoms in total. The molecular formula is C17H20N4O2. The van der Waals surface area contributed by atoms with Gasteiger partial charge in [0.1, 0.15) is 6.10 Å². The lowest BCUT2D eigenvalue weighted by atomic mass is 10.1. The summed E-state index contributed by atoms with van der Waals surface area (Å²) in [7, 11) is 0. The van der Waals surface area contributed by atoms with Crippen molar-refractivity contribution in [3.05, 3.63) is 47.7 Å². The first-order valence-corrected chi connectivity index (χ1v) is 8.01. The summed E-state index contributed by atoms with van der Waals surface area (Å²) in [6.07, 6.45) is 4.04. The molecule has 1 aliphatic rings. The number of H-pyrrole nitrogens is 1. The van der Waals surface area contributed by atoms with Crippen molar-refractivity contribution in [1.82, 2.24) is 20.4 Å². The second-order valence-corrected chi connectivity index (χ2v) is 5.99. The normalized spacial score (nSPS) is 21.3. The van der Waals surface area contributed by atoms with Crippen LogP contribution in [0.5, 0.6) is 0 Å². The minimum atomic E-state index is -0.0603.